The number of piperazine rings is 1. The normalized spacial score (nSPS) is 16.0. The number of amides is 2. The van der Waals surface area contributed by atoms with Crippen LogP contribution in [0.25, 0.3) is 0 Å². The highest BCUT2D eigenvalue weighted by molar-refractivity contribution is 5.71. The van der Waals surface area contributed by atoms with E-state index in [0.29, 0.717) is 0 Å². The first-order chi connectivity index (χ1) is 5.27. The SMILES string of the molecule is C1CNCCN1.N=NC(N)=O. The number of urea groups is 1. The largest absolute Gasteiger partial charge is 0.356 e. The van der Waals surface area contributed by atoms with Gasteiger partial charge < -0.3 is 16.4 Å². The number of nitrogens with two attached hydrogens (primary N) is 1. The molecule has 0 bridgehead atoms. The summed E-state index contributed by atoms with van der Waals surface area (Å²) < 4.78 is 0. The molecule has 6 heteroatoms. The Morgan fingerprint density at radius 1 is 1.27 bits per heavy atom. The number of carbonyl (C=O) groups is 1. The average Bonchev–Trinajstić information content (AvgIpc) is 2.09. The summed E-state index contributed by atoms with van der Waals surface area (Å²) in [6.45, 7) is 4.56. The number of hydrogen-bond acceptors (Lipinski definition) is 4. The highest BCUT2D eigenvalue weighted by Gasteiger charge is 1.91. The van der Waals surface area contributed by atoms with E-state index in [0.717, 1.165) is 26.2 Å². The van der Waals surface area contributed by atoms with Gasteiger partial charge in [-0.1, -0.05) is 5.11 Å². The number of rotatable bonds is 0. The fourth-order valence-electron chi connectivity index (χ4n) is 0.604. The van der Waals surface area contributed by atoms with E-state index in [1.165, 1.54) is 0 Å². The third kappa shape index (κ3) is 8.99. The van der Waals surface area contributed by atoms with Crippen molar-refractivity contribution in [2.24, 2.45) is 10.8 Å². The van der Waals surface area contributed by atoms with Crippen molar-refractivity contribution in [1.29, 1.82) is 5.53 Å². The molecule has 0 aromatic carbocycles. The smallest absolute Gasteiger partial charge is 0.348 e. The second kappa shape index (κ2) is 7.10. The molecule has 0 unspecified atom stereocenters. The summed E-state index contributed by atoms with van der Waals surface area (Å²) >= 11 is 0. The molecule has 0 aromatic rings. The zero-order chi connectivity index (χ0) is 8.53. The van der Waals surface area contributed by atoms with Gasteiger partial charge in [0.25, 0.3) is 0 Å². The Morgan fingerprint density at radius 2 is 1.55 bits per heavy atom. The molecule has 2 amide bonds. The molecule has 0 spiro atoms. The van der Waals surface area contributed by atoms with Crippen LogP contribution in [0.3, 0.4) is 0 Å². The number of primary amides is 1. The summed E-state index contributed by atoms with van der Waals surface area (Å²) in [5.41, 5.74) is 10.1. The second-order valence-corrected chi connectivity index (χ2v) is 1.95. The summed E-state index contributed by atoms with van der Waals surface area (Å²) in [7, 11) is 0. The lowest BCUT2D eigenvalue weighted by Crippen LogP contribution is -2.39. The van der Waals surface area contributed by atoms with Gasteiger partial charge in [-0.3, -0.25) is 0 Å². The predicted molar refractivity (Wildman–Crippen MR) is 40.5 cm³/mol. The van der Waals surface area contributed by atoms with E-state index >= 15 is 0 Å². The van der Waals surface area contributed by atoms with Gasteiger partial charge in [0.15, 0.2) is 0 Å². The second-order valence-electron chi connectivity index (χ2n) is 1.95. The molecule has 11 heavy (non-hydrogen) atoms. The maximum atomic E-state index is 9.24. The van der Waals surface area contributed by atoms with Crippen molar-refractivity contribution in [1.82, 2.24) is 10.6 Å². The van der Waals surface area contributed by atoms with E-state index in [1.807, 2.05) is 0 Å². The van der Waals surface area contributed by atoms with Gasteiger partial charge in [0.1, 0.15) is 0 Å². The molecule has 6 nitrogen and oxygen atoms in total. The Labute approximate surface area is 65.0 Å². The lowest BCUT2D eigenvalue weighted by atomic mass is 10.4. The van der Waals surface area contributed by atoms with Gasteiger partial charge in [0, 0.05) is 26.2 Å². The number of carbonyl (C=O) groups excluding carboxylic acids is 1. The van der Waals surface area contributed by atoms with E-state index in [-0.39, 0.29) is 0 Å². The average molecular weight is 159 g/mol. The first-order valence-electron chi connectivity index (χ1n) is 3.35. The highest BCUT2D eigenvalue weighted by atomic mass is 16.2. The monoisotopic (exact) mass is 159 g/mol. The van der Waals surface area contributed by atoms with Crippen LogP contribution < -0.4 is 16.4 Å². The first kappa shape index (κ1) is 9.99. The zero-order valence-corrected chi connectivity index (χ0v) is 6.26. The van der Waals surface area contributed by atoms with Gasteiger partial charge in [-0.15, -0.1) is 0 Å². The molecule has 0 saturated carbocycles. The summed E-state index contributed by atoms with van der Waals surface area (Å²) in [6, 6.07) is -0.954. The molecule has 1 aliphatic heterocycles. The van der Waals surface area contributed by atoms with Crippen LogP contribution in [0, 0.1) is 5.53 Å². The van der Waals surface area contributed by atoms with Crippen LogP contribution in [0.15, 0.2) is 5.11 Å². The quantitative estimate of drug-likeness (QED) is 0.350. The predicted octanol–water partition coefficient (Wildman–Crippen LogP) is -0.725. The van der Waals surface area contributed by atoms with Gasteiger partial charge in [-0.2, -0.15) is 5.53 Å². The van der Waals surface area contributed by atoms with Crippen LogP contribution in [-0.2, 0) is 0 Å². The maximum absolute atomic E-state index is 9.24. The molecule has 0 radical (unpaired) electrons. The molecular formula is C5H13N5O. The third-order valence-corrected chi connectivity index (χ3v) is 1.07. The van der Waals surface area contributed by atoms with Crippen molar-refractivity contribution in [2.75, 3.05) is 26.2 Å². The summed E-state index contributed by atoms with van der Waals surface area (Å²) in [6.07, 6.45) is 0. The van der Waals surface area contributed by atoms with Crippen LogP contribution in [0.2, 0.25) is 0 Å². The zero-order valence-electron chi connectivity index (χ0n) is 6.26. The number of nitrogens with zero attached hydrogens (tertiary/aromatic N) is 1. The van der Waals surface area contributed by atoms with Gasteiger partial charge in [0.05, 0.1) is 0 Å². The molecule has 1 aliphatic rings. The van der Waals surface area contributed by atoms with Crippen molar-refractivity contribution in [2.45, 2.75) is 0 Å². The molecule has 0 aliphatic carbocycles. The Kier molecular flexibility index (Phi) is 6.45. The van der Waals surface area contributed by atoms with E-state index in [9.17, 15) is 4.79 Å². The molecule has 5 N–H and O–H groups in total. The fourth-order valence-corrected chi connectivity index (χ4v) is 0.604. The van der Waals surface area contributed by atoms with Gasteiger partial charge >= 0.3 is 6.03 Å². The van der Waals surface area contributed by atoms with Crippen molar-refractivity contribution in [3.8, 4) is 0 Å². The van der Waals surface area contributed by atoms with Crippen molar-refractivity contribution in [3.05, 3.63) is 0 Å². The molecule has 1 heterocycles. The lowest BCUT2D eigenvalue weighted by molar-refractivity contribution is 0.255. The molecule has 64 valence electrons. The maximum Gasteiger partial charge on any atom is 0.356 e. The minimum absolute atomic E-state index is 0.954. The van der Waals surface area contributed by atoms with Gasteiger partial charge in [0.2, 0.25) is 0 Å². The molecule has 0 aromatic heterocycles. The van der Waals surface area contributed by atoms with Crippen molar-refractivity contribution in [3.63, 3.8) is 0 Å². The molecule has 1 fully saturated rings. The van der Waals surface area contributed by atoms with Crippen LogP contribution in [0.1, 0.15) is 0 Å². The topological polar surface area (TPSA) is 103 Å². The standard InChI is InChI=1S/C4H10N2.CH3N3O/c1-2-6-4-3-5-1;2-1(5)4-3/h5-6H,1-4H2;3H,(H2,2,5). The number of nitrogens with one attached hydrogen (secondary N) is 3. The third-order valence-electron chi connectivity index (χ3n) is 1.07. The Hall–Kier alpha value is -1.01. The van der Waals surface area contributed by atoms with Gasteiger partial charge in [-0.25, -0.2) is 4.79 Å². The van der Waals surface area contributed by atoms with Crippen LogP contribution in [0.4, 0.5) is 4.79 Å². The summed E-state index contributed by atoms with van der Waals surface area (Å²) in [5, 5.41) is 8.72. The van der Waals surface area contributed by atoms with E-state index in [4.69, 9.17) is 5.53 Å². The summed E-state index contributed by atoms with van der Waals surface area (Å²) in [4.78, 5) is 9.24. The minimum Gasteiger partial charge on any atom is -0.348 e. The molecule has 0 atom stereocenters. The van der Waals surface area contributed by atoms with E-state index < -0.39 is 6.03 Å². The van der Waals surface area contributed by atoms with Crippen LogP contribution >= 0.6 is 0 Å². The van der Waals surface area contributed by atoms with Crippen LogP contribution in [0.5, 0.6) is 0 Å². The Bertz CT molecular complexity index is 111. The van der Waals surface area contributed by atoms with Crippen molar-refractivity contribution < 1.29 is 4.79 Å². The molecular weight excluding hydrogens is 146 g/mol. The minimum atomic E-state index is -0.954. The van der Waals surface area contributed by atoms with Gasteiger partial charge in [-0.05, 0) is 0 Å². The van der Waals surface area contributed by atoms with Crippen LogP contribution in [-0.4, -0.2) is 32.2 Å². The lowest BCUT2D eigenvalue weighted by Gasteiger charge is -2.11. The Morgan fingerprint density at radius 3 is 1.64 bits per heavy atom. The van der Waals surface area contributed by atoms with E-state index in [1.54, 1.807) is 0 Å². The molecule has 1 rings (SSSR count). The first-order valence-corrected chi connectivity index (χ1v) is 3.35. The Balaban J connectivity index is 0.000000187. The summed E-state index contributed by atoms with van der Waals surface area (Å²) in [5.74, 6) is 0. The fraction of sp³-hybridized carbons (Fsp3) is 0.800. The van der Waals surface area contributed by atoms with Crippen molar-refractivity contribution >= 4 is 6.03 Å². The molecule has 1 saturated heterocycles. The highest BCUT2D eigenvalue weighted by Crippen LogP contribution is 1.65. The van der Waals surface area contributed by atoms with E-state index in [2.05, 4.69) is 21.5 Å². The number of hydrogen-bond donors (Lipinski definition) is 4.